The molecule has 4 heterocycles. The van der Waals surface area contributed by atoms with Crippen LogP contribution in [0.4, 0.5) is 5.69 Å². The summed E-state index contributed by atoms with van der Waals surface area (Å²) in [6.45, 7) is 5.16. The average molecular weight is 584 g/mol. The Hall–Kier alpha value is -5.53. The van der Waals surface area contributed by atoms with Crippen LogP contribution in [0.15, 0.2) is 58.5 Å². The zero-order valence-electron chi connectivity index (χ0n) is 23.4. The maximum absolute atomic E-state index is 13.0. The smallest absolute Gasteiger partial charge is 0.272 e. The van der Waals surface area contributed by atoms with Gasteiger partial charge in [-0.25, -0.2) is 0 Å². The molecule has 14 heteroatoms. The number of aromatic amines is 2. The van der Waals surface area contributed by atoms with Gasteiger partial charge in [0.15, 0.2) is 11.9 Å². The molecule has 0 radical (unpaired) electrons. The number of hydrogen-bond donors (Lipinski definition) is 9. The predicted octanol–water partition coefficient (Wildman–Crippen LogP) is 0.459. The number of fused-ring (bicyclic) bond motifs is 2. The van der Waals surface area contributed by atoms with E-state index in [0.29, 0.717) is 48.8 Å². The second-order valence-corrected chi connectivity index (χ2v) is 10.1. The van der Waals surface area contributed by atoms with E-state index < -0.39 is 0 Å². The lowest BCUT2D eigenvalue weighted by Gasteiger charge is -2.08. The van der Waals surface area contributed by atoms with Crippen LogP contribution in [-0.2, 0) is 0 Å². The van der Waals surface area contributed by atoms with Crippen LogP contribution in [-0.4, -0.2) is 92.0 Å². The molecule has 0 spiro atoms. The van der Waals surface area contributed by atoms with Gasteiger partial charge in [-0.15, -0.1) is 0 Å². The first kappa shape index (κ1) is 27.6. The number of aromatic nitrogens is 2. The highest BCUT2D eigenvalue weighted by Gasteiger charge is 2.14. The molecule has 0 aliphatic carbocycles. The van der Waals surface area contributed by atoms with Crippen molar-refractivity contribution in [3.63, 3.8) is 0 Å². The lowest BCUT2D eigenvalue weighted by atomic mass is 10.1. The number of amides is 3. The number of benzene rings is 2. The first-order chi connectivity index (χ1) is 21.0. The Morgan fingerprint density at radius 2 is 1.30 bits per heavy atom. The summed E-state index contributed by atoms with van der Waals surface area (Å²) in [6.07, 6.45) is 0. The SMILES string of the molecule is O=C(NCCNC1=NCCN1)c1ccc2[nH]c(C(=O)Nc3ccc4cc(C(=O)NCCNC5=NCCN5)[nH]c4c3)cc2c1. The molecule has 4 aromatic rings. The zero-order valence-corrected chi connectivity index (χ0v) is 23.4. The third-order valence-electron chi connectivity index (χ3n) is 7.01. The molecule has 2 aromatic heterocycles. The summed E-state index contributed by atoms with van der Waals surface area (Å²) in [5.41, 5.74) is 3.34. The number of nitrogens with zero attached hydrogens (tertiary/aromatic N) is 2. The second-order valence-electron chi connectivity index (χ2n) is 10.1. The number of hydrogen-bond acceptors (Lipinski definition) is 9. The topological polar surface area (TPSA) is 192 Å². The summed E-state index contributed by atoms with van der Waals surface area (Å²) in [6, 6.07) is 14.1. The van der Waals surface area contributed by atoms with Gasteiger partial charge in [0.2, 0.25) is 0 Å². The number of guanidine groups is 2. The van der Waals surface area contributed by atoms with Crippen molar-refractivity contribution >= 4 is 57.1 Å². The minimum Gasteiger partial charge on any atom is -0.355 e. The first-order valence-electron chi connectivity index (χ1n) is 14.2. The van der Waals surface area contributed by atoms with Crippen molar-refractivity contribution in [3.8, 4) is 0 Å². The van der Waals surface area contributed by atoms with Crippen molar-refractivity contribution in [3.05, 3.63) is 65.5 Å². The third-order valence-corrected chi connectivity index (χ3v) is 7.01. The number of nitrogens with one attached hydrogen (secondary N) is 9. The number of rotatable bonds is 10. The summed E-state index contributed by atoms with van der Waals surface area (Å²) >= 11 is 0. The van der Waals surface area contributed by atoms with Crippen molar-refractivity contribution in [1.82, 2.24) is 41.9 Å². The quantitative estimate of drug-likeness (QED) is 0.121. The van der Waals surface area contributed by atoms with Crippen LogP contribution in [0, 0.1) is 0 Å². The highest BCUT2D eigenvalue weighted by molar-refractivity contribution is 6.08. The molecule has 2 aliphatic heterocycles. The van der Waals surface area contributed by atoms with Crippen LogP contribution >= 0.6 is 0 Å². The van der Waals surface area contributed by atoms with Crippen LogP contribution < -0.4 is 37.2 Å². The fourth-order valence-corrected chi connectivity index (χ4v) is 4.87. The summed E-state index contributed by atoms with van der Waals surface area (Å²) in [4.78, 5) is 53.0. The van der Waals surface area contributed by atoms with E-state index in [1.807, 2.05) is 6.07 Å². The summed E-state index contributed by atoms with van der Waals surface area (Å²) < 4.78 is 0. The van der Waals surface area contributed by atoms with Crippen molar-refractivity contribution in [2.45, 2.75) is 0 Å². The molecule has 0 unspecified atom stereocenters. The molecule has 3 amide bonds. The maximum Gasteiger partial charge on any atom is 0.272 e. The molecule has 9 N–H and O–H groups in total. The van der Waals surface area contributed by atoms with Crippen LogP contribution in [0.5, 0.6) is 0 Å². The zero-order chi connectivity index (χ0) is 29.6. The van der Waals surface area contributed by atoms with E-state index in [1.54, 1.807) is 42.5 Å². The number of H-pyrrole nitrogens is 2. The molecule has 2 aromatic carbocycles. The van der Waals surface area contributed by atoms with E-state index in [4.69, 9.17) is 0 Å². The van der Waals surface area contributed by atoms with Crippen LogP contribution in [0.3, 0.4) is 0 Å². The highest BCUT2D eigenvalue weighted by Crippen LogP contribution is 2.22. The average Bonchev–Trinajstić information content (AvgIpc) is 3.83. The molecule has 2 aliphatic rings. The molecular weight excluding hydrogens is 550 g/mol. The van der Waals surface area contributed by atoms with Gasteiger partial charge in [-0.05, 0) is 42.5 Å². The monoisotopic (exact) mass is 583 g/mol. The van der Waals surface area contributed by atoms with Crippen LogP contribution in [0.2, 0.25) is 0 Å². The van der Waals surface area contributed by atoms with Crippen LogP contribution in [0.25, 0.3) is 21.8 Å². The van der Waals surface area contributed by atoms with Gasteiger partial charge in [0.25, 0.3) is 17.7 Å². The Kier molecular flexibility index (Phi) is 8.06. The Morgan fingerprint density at radius 1 is 0.651 bits per heavy atom. The molecule has 222 valence electrons. The number of carbonyl (C=O) groups excluding carboxylic acids is 3. The fraction of sp³-hybridized carbons (Fsp3) is 0.276. The maximum atomic E-state index is 13.0. The van der Waals surface area contributed by atoms with Crippen molar-refractivity contribution in [1.29, 1.82) is 0 Å². The molecule has 0 bridgehead atoms. The second kappa shape index (κ2) is 12.5. The Labute approximate surface area is 246 Å². The first-order valence-corrected chi connectivity index (χ1v) is 14.2. The normalized spacial score (nSPS) is 14.0. The van der Waals surface area contributed by atoms with Gasteiger partial charge in [0, 0.05) is 72.3 Å². The van der Waals surface area contributed by atoms with Crippen molar-refractivity contribution < 1.29 is 14.4 Å². The Morgan fingerprint density at radius 3 is 2.00 bits per heavy atom. The molecule has 0 fully saturated rings. The van der Waals surface area contributed by atoms with Gasteiger partial charge < -0.3 is 47.2 Å². The van der Waals surface area contributed by atoms with Crippen molar-refractivity contribution in [2.24, 2.45) is 9.98 Å². The molecular formula is C29H33N11O3. The minimum absolute atomic E-state index is 0.197. The number of carbonyl (C=O) groups is 3. The van der Waals surface area contributed by atoms with Gasteiger partial charge in [-0.3, -0.25) is 24.4 Å². The van der Waals surface area contributed by atoms with Crippen LogP contribution in [0.1, 0.15) is 31.3 Å². The number of aliphatic imine (C=N–C) groups is 2. The van der Waals surface area contributed by atoms with Gasteiger partial charge in [-0.1, -0.05) is 6.07 Å². The summed E-state index contributed by atoms with van der Waals surface area (Å²) in [7, 11) is 0. The van der Waals surface area contributed by atoms with E-state index in [9.17, 15) is 14.4 Å². The molecule has 0 saturated carbocycles. The molecule has 0 atom stereocenters. The predicted molar refractivity (Wildman–Crippen MR) is 166 cm³/mol. The molecule has 14 nitrogen and oxygen atoms in total. The minimum atomic E-state index is -0.325. The van der Waals surface area contributed by atoms with E-state index in [1.165, 1.54) is 0 Å². The summed E-state index contributed by atoms with van der Waals surface area (Å²) in [5.74, 6) is 0.764. The standard InChI is InChI=1S/C29H33N11O3/c41-25(30-5-7-32-28-34-9-10-35-28)18-2-4-21-19(13-18)15-24(39-21)27(43)38-20-3-1-17-14-23(40-22(17)16-20)26(42)31-6-8-33-29-36-11-12-37-29/h1-4,13-16,39-40H,5-12H2,(H,30,41)(H,31,42)(H,38,43)(H2,32,34,35)(H2,33,36,37). The van der Waals surface area contributed by atoms with Gasteiger partial charge in [0.1, 0.15) is 11.4 Å². The van der Waals surface area contributed by atoms with Gasteiger partial charge in [-0.2, -0.15) is 0 Å². The van der Waals surface area contributed by atoms with E-state index in [0.717, 1.165) is 59.9 Å². The molecule has 43 heavy (non-hydrogen) atoms. The Bertz CT molecular complexity index is 1740. The Balaban J connectivity index is 1.03. The molecule has 0 saturated heterocycles. The fourth-order valence-electron chi connectivity index (χ4n) is 4.87. The van der Waals surface area contributed by atoms with E-state index in [-0.39, 0.29) is 17.7 Å². The van der Waals surface area contributed by atoms with Gasteiger partial charge in [0.05, 0.1) is 13.1 Å². The highest BCUT2D eigenvalue weighted by atomic mass is 16.2. The third kappa shape index (κ3) is 6.69. The number of anilines is 1. The summed E-state index contributed by atoms with van der Waals surface area (Å²) in [5, 5.41) is 22.8. The largest absolute Gasteiger partial charge is 0.355 e. The van der Waals surface area contributed by atoms with E-state index in [2.05, 4.69) is 57.2 Å². The van der Waals surface area contributed by atoms with Crippen molar-refractivity contribution in [2.75, 3.05) is 57.7 Å². The van der Waals surface area contributed by atoms with E-state index >= 15 is 0 Å². The van der Waals surface area contributed by atoms with Gasteiger partial charge >= 0.3 is 0 Å². The lowest BCUT2D eigenvalue weighted by molar-refractivity contribution is 0.0944. The lowest BCUT2D eigenvalue weighted by Crippen LogP contribution is -2.39. The molecule has 6 rings (SSSR count).